The number of non-ortho nitro benzene ring substituents is 1. The van der Waals surface area contributed by atoms with Crippen molar-refractivity contribution in [3.8, 4) is 0 Å². The molecule has 0 unspecified atom stereocenters. The number of carbonyl (C=O) groups excluding carboxylic acids is 1. The number of imidazole rings is 1. The first kappa shape index (κ1) is 25.8. The van der Waals surface area contributed by atoms with Crippen molar-refractivity contribution >= 4 is 62.8 Å². The average molecular weight is 561 g/mol. The predicted molar refractivity (Wildman–Crippen MR) is 142 cm³/mol. The highest BCUT2D eigenvalue weighted by atomic mass is 32.2. The Balaban J connectivity index is 1.75. The molecule has 0 bridgehead atoms. The molecule has 1 aromatic carbocycles. The van der Waals surface area contributed by atoms with Gasteiger partial charge in [-0.1, -0.05) is 19.1 Å². The van der Waals surface area contributed by atoms with Crippen molar-refractivity contribution in [3.63, 3.8) is 0 Å². The van der Waals surface area contributed by atoms with Crippen LogP contribution in [0.1, 0.15) is 24.3 Å². The van der Waals surface area contributed by atoms with Crippen LogP contribution in [0.3, 0.4) is 0 Å². The summed E-state index contributed by atoms with van der Waals surface area (Å²) >= 11 is 4.40. The first-order chi connectivity index (χ1) is 17.5. The van der Waals surface area contributed by atoms with Crippen LogP contribution in [0, 0.1) is 21.4 Å². The number of hydrogen-bond acceptors (Lipinski definition) is 9. The minimum absolute atomic E-state index is 0.0419. The number of nitro benzene ring substituents is 1. The number of aromatic nitrogens is 2. The number of hydrogen-bond donors (Lipinski definition) is 2. The van der Waals surface area contributed by atoms with Gasteiger partial charge < -0.3 is 15.1 Å². The fourth-order valence-electron chi connectivity index (χ4n) is 5.68. The molecule has 3 aromatic rings. The van der Waals surface area contributed by atoms with E-state index in [9.17, 15) is 29.9 Å². The van der Waals surface area contributed by atoms with E-state index < -0.39 is 40.3 Å². The third-order valence-corrected chi connectivity index (χ3v) is 10.1. The number of aliphatic hydroxyl groups excluding tert-OH is 1. The third kappa shape index (κ3) is 3.70. The number of aliphatic carboxylic acids is 1. The number of nitrogens with zero attached hydrogens (tertiary/aromatic N) is 4. The molecule has 5 rings (SSSR count). The van der Waals surface area contributed by atoms with Crippen molar-refractivity contribution in [2.45, 2.75) is 42.5 Å². The van der Waals surface area contributed by atoms with Gasteiger partial charge in [0.25, 0.3) is 5.69 Å². The molecular formula is C24H24N4O6S3. The predicted octanol–water partition coefficient (Wildman–Crippen LogP) is 4.01. The zero-order chi connectivity index (χ0) is 26.8. The van der Waals surface area contributed by atoms with Crippen molar-refractivity contribution in [2.24, 2.45) is 11.3 Å². The summed E-state index contributed by atoms with van der Waals surface area (Å²) in [6.45, 7) is 3.47. The summed E-state index contributed by atoms with van der Waals surface area (Å²) in [6, 6.07) is 5.58. The largest absolute Gasteiger partial charge is 0.477 e. The Morgan fingerprint density at radius 3 is 2.51 bits per heavy atom. The zero-order valence-electron chi connectivity index (χ0n) is 20.4. The molecule has 1 amide bonds. The Kier molecular flexibility index (Phi) is 6.37. The molecule has 10 nitrogen and oxygen atoms in total. The molecule has 37 heavy (non-hydrogen) atoms. The summed E-state index contributed by atoms with van der Waals surface area (Å²) in [5, 5.41) is 33.7. The van der Waals surface area contributed by atoms with Crippen molar-refractivity contribution in [1.82, 2.24) is 14.3 Å². The first-order valence-electron chi connectivity index (χ1n) is 11.4. The topological polar surface area (TPSA) is 138 Å². The molecule has 13 heteroatoms. The summed E-state index contributed by atoms with van der Waals surface area (Å²) in [5.41, 5.74) is 0.292. The number of β-lactam (4-membered cyclic amide) rings is 1. The van der Waals surface area contributed by atoms with Gasteiger partial charge in [-0.05, 0) is 31.4 Å². The SMILES string of the molecule is CSc1ncn2c(SC)c(C3=C(C(=O)O)N4C(=O)[C@H]([C@@H](C)O)[C@@H]4[C@@]3(C)Cc3ccc([N+](=O)[O-])cc3)sc12. The van der Waals surface area contributed by atoms with Gasteiger partial charge in [-0.15, -0.1) is 34.9 Å². The lowest BCUT2D eigenvalue weighted by Crippen LogP contribution is -2.66. The lowest BCUT2D eigenvalue weighted by atomic mass is 9.64. The number of thioether (sulfide) groups is 2. The second-order valence-electron chi connectivity index (χ2n) is 9.34. The van der Waals surface area contributed by atoms with Crippen LogP contribution < -0.4 is 0 Å². The Bertz CT molecular complexity index is 1480. The monoisotopic (exact) mass is 560 g/mol. The van der Waals surface area contributed by atoms with Gasteiger partial charge in [0, 0.05) is 23.1 Å². The smallest absolute Gasteiger partial charge is 0.352 e. The van der Waals surface area contributed by atoms with Crippen LogP contribution in [0.2, 0.25) is 0 Å². The number of benzene rings is 1. The summed E-state index contributed by atoms with van der Waals surface area (Å²) in [6.07, 6.45) is 4.91. The molecule has 1 saturated heterocycles. The van der Waals surface area contributed by atoms with E-state index in [0.29, 0.717) is 12.0 Å². The normalized spacial score (nSPS) is 23.9. The Hall–Kier alpha value is -2.87. The summed E-state index contributed by atoms with van der Waals surface area (Å²) in [5.74, 6) is -2.39. The van der Waals surface area contributed by atoms with Crippen LogP contribution >= 0.6 is 34.9 Å². The van der Waals surface area contributed by atoms with Crippen molar-refractivity contribution in [3.05, 3.63) is 56.8 Å². The van der Waals surface area contributed by atoms with E-state index in [4.69, 9.17) is 0 Å². The summed E-state index contributed by atoms with van der Waals surface area (Å²) in [7, 11) is 0. The van der Waals surface area contributed by atoms with Gasteiger partial charge in [-0.25, -0.2) is 9.78 Å². The first-order valence-corrected chi connectivity index (χ1v) is 14.6. The van der Waals surface area contributed by atoms with Crippen molar-refractivity contribution < 1.29 is 24.7 Å². The molecule has 194 valence electrons. The van der Waals surface area contributed by atoms with Crippen molar-refractivity contribution in [1.29, 1.82) is 0 Å². The second-order valence-corrected chi connectivity index (χ2v) is 11.9. The van der Waals surface area contributed by atoms with Crippen LogP contribution in [0.25, 0.3) is 10.4 Å². The number of carboxylic acids is 1. The van der Waals surface area contributed by atoms with E-state index in [1.807, 2.05) is 23.8 Å². The summed E-state index contributed by atoms with van der Waals surface area (Å²) < 4.78 is 1.94. The lowest BCUT2D eigenvalue weighted by Gasteiger charge is -2.51. The fraction of sp³-hybridized carbons (Fsp3) is 0.375. The number of fused-ring (bicyclic) bond motifs is 2. The number of amides is 1. The van der Waals surface area contributed by atoms with Crippen LogP contribution in [-0.4, -0.2) is 66.0 Å². The molecular weight excluding hydrogens is 536 g/mol. The van der Waals surface area contributed by atoms with E-state index in [1.54, 1.807) is 25.4 Å². The molecule has 2 aromatic heterocycles. The Morgan fingerprint density at radius 2 is 1.97 bits per heavy atom. The standard InChI is InChI=1S/C24H24N4O6S3/c1-11(29)14-18-24(2,9-12-5-7-13(8-6-12)28(33)34)15(16(23(31)32)27(18)20(14)30)17-21(36-4)26-10-25-19(35-3)22(26)37-17/h5-8,10-11,14,18,29H,9H2,1-4H3,(H,31,32)/t11-,14-,18-,24+/m1/s1. The van der Waals surface area contributed by atoms with Gasteiger partial charge in [-0.3, -0.25) is 19.3 Å². The lowest BCUT2D eigenvalue weighted by molar-refractivity contribution is -0.384. The highest BCUT2D eigenvalue weighted by molar-refractivity contribution is 7.99. The van der Waals surface area contributed by atoms with Crippen LogP contribution in [0.15, 0.2) is 46.3 Å². The Labute approximate surface area is 224 Å². The number of aliphatic hydroxyl groups is 1. The number of nitro groups is 1. The van der Waals surface area contributed by atoms with Crippen molar-refractivity contribution in [2.75, 3.05) is 12.5 Å². The van der Waals surface area contributed by atoms with Crippen LogP contribution in [0.4, 0.5) is 5.69 Å². The number of carboxylic acid groups (broad SMARTS) is 1. The quantitative estimate of drug-likeness (QED) is 0.181. The number of rotatable bonds is 8. The fourth-order valence-corrected chi connectivity index (χ4v) is 8.72. The minimum atomic E-state index is -1.21. The maximum atomic E-state index is 13.2. The second kappa shape index (κ2) is 9.15. The number of carbonyl (C=O) groups is 2. The number of thiazole rings is 1. The maximum Gasteiger partial charge on any atom is 0.352 e. The van der Waals surface area contributed by atoms with Crippen LogP contribution in [0.5, 0.6) is 0 Å². The van der Waals surface area contributed by atoms with Gasteiger partial charge >= 0.3 is 5.97 Å². The van der Waals surface area contributed by atoms with E-state index in [2.05, 4.69) is 4.98 Å². The molecule has 4 heterocycles. The molecule has 2 aliphatic heterocycles. The molecule has 2 N–H and O–H groups in total. The van der Waals surface area contributed by atoms with Gasteiger partial charge in [0.2, 0.25) is 5.91 Å². The van der Waals surface area contributed by atoms with E-state index in [0.717, 1.165) is 25.3 Å². The van der Waals surface area contributed by atoms with Gasteiger partial charge in [-0.2, -0.15) is 0 Å². The molecule has 4 atom stereocenters. The zero-order valence-corrected chi connectivity index (χ0v) is 22.8. The van der Waals surface area contributed by atoms with Crippen LogP contribution in [-0.2, 0) is 16.0 Å². The molecule has 0 radical (unpaired) electrons. The molecule has 1 fully saturated rings. The highest BCUT2D eigenvalue weighted by Crippen LogP contribution is 2.61. The highest BCUT2D eigenvalue weighted by Gasteiger charge is 2.66. The molecule has 0 saturated carbocycles. The molecule has 2 aliphatic rings. The molecule has 0 aliphatic carbocycles. The van der Waals surface area contributed by atoms with Gasteiger partial charge in [0.15, 0.2) is 0 Å². The third-order valence-electron chi connectivity index (χ3n) is 7.20. The van der Waals surface area contributed by atoms with Gasteiger partial charge in [0.05, 0.1) is 32.9 Å². The molecule has 0 spiro atoms. The summed E-state index contributed by atoms with van der Waals surface area (Å²) in [4.78, 5) is 44.0. The van der Waals surface area contributed by atoms with E-state index in [1.165, 1.54) is 51.9 Å². The van der Waals surface area contributed by atoms with Gasteiger partial charge in [0.1, 0.15) is 21.9 Å². The Morgan fingerprint density at radius 1 is 1.30 bits per heavy atom. The van der Waals surface area contributed by atoms with E-state index >= 15 is 0 Å². The van der Waals surface area contributed by atoms with E-state index in [-0.39, 0.29) is 11.4 Å². The maximum absolute atomic E-state index is 13.2. The average Bonchev–Trinajstić information content (AvgIpc) is 3.46. The minimum Gasteiger partial charge on any atom is -0.477 e.